The molecule has 0 saturated carbocycles. The first kappa shape index (κ1) is 17.3. The number of carbonyl (C=O) groups is 1. The van der Waals surface area contributed by atoms with Crippen molar-refractivity contribution in [1.82, 2.24) is 0 Å². The van der Waals surface area contributed by atoms with Gasteiger partial charge in [0.05, 0.1) is 12.3 Å². The standard InChI is InChI=1S/C22H21NOS/c1-18-12-14-21(15-13-18)25-17-22(24)23(20-10-6-3-7-11-20)16-19-8-4-2-5-9-19/h2-15H,16-17H2,1H3. The molecule has 0 N–H and O–H groups in total. The maximum Gasteiger partial charge on any atom is 0.237 e. The van der Waals surface area contributed by atoms with Gasteiger partial charge in [-0.15, -0.1) is 11.8 Å². The van der Waals surface area contributed by atoms with E-state index in [4.69, 9.17) is 0 Å². The van der Waals surface area contributed by atoms with Crippen molar-refractivity contribution < 1.29 is 4.79 Å². The van der Waals surface area contributed by atoms with E-state index in [0.29, 0.717) is 12.3 Å². The summed E-state index contributed by atoms with van der Waals surface area (Å²) in [5.74, 6) is 0.533. The van der Waals surface area contributed by atoms with Gasteiger partial charge in [0.1, 0.15) is 0 Å². The summed E-state index contributed by atoms with van der Waals surface area (Å²) in [5, 5.41) is 0. The zero-order chi connectivity index (χ0) is 17.5. The minimum absolute atomic E-state index is 0.112. The van der Waals surface area contributed by atoms with Crippen molar-refractivity contribution in [2.24, 2.45) is 0 Å². The van der Waals surface area contributed by atoms with Crippen LogP contribution in [0.25, 0.3) is 0 Å². The van der Waals surface area contributed by atoms with Gasteiger partial charge in [0.25, 0.3) is 0 Å². The van der Waals surface area contributed by atoms with E-state index < -0.39 is 0 Å². The van der Waals surface area contributed by atoms with Gasteiger partial charge in [0.2, 0.25) is 5.91 Å². The second-order valence-corrected chi connectivity index (χ2v) is 6.95. The lowest BCUT2D eigenvalue weighted by Crippen LogP contribution is -2.31. The minimum atomic E-state index is 0.112. The number of anilines is 1. The highest BCUT2D eigenvalue weighted by Crippen LogP contribution is 2.22. The average Bonchev–Trinajstić information content (AvgIpc) is 2.67. The third-order valence-corrected chi connectivity index (χ3v) is 4.93. The molecule has 0 aliphatic rings. The molecule has 3 aromatic rings. The lowest BCUT2D eigenvalue weighted by molar-refractivity contribution is -0.116. The molecule has 1 amide bonds. The predicted molar refractivity (Wildman–Crippen MR) is 106 cm³/mol. The summed E-state index contributed by atoms with van der Waals surface area (Å²) in [6.45, 7) is 2.65. The van der Waals surface area contributed by atoms with E-state index in [1.807, 2.05) is 53.4 Å². The second kappa shape index (κ2) is 8.54. The predicted octanol–water partition coefficient (Wildman–Crippen LogP) is 5.32. The molecule has 0 unspecified atom stereocenters. The van der Waals surface area contributed by atoms with Crippen LogP contribution in [0.4, 0.5) is 5.69 Å². The summed E-state index contributed by atoms with van der Waals surface area (Å²) in [6.07, 6.45) is 0. The van der Waals surface area contributed by atoms with Gasteiger partial charge < -0.3 is 4.90 Å². The molecule has 0 fully saturated rings. The molecule has 3 aromatic carbocycles. The second-order valence-electron chi connectivity index (χ2n) is 5.90. The van der Waals surface area contributed by atoms with Crippen molar-refractivity contribution >= 4 is 23.4 Å². The van der Waals surface area contributed by atoms with E-state index in [1.165, 1.54) is 5.56 Å². The summed E-state index contributed by atoms with van der Waals surface area (Å²) in [7, 11) is 0. The highest BCUT2D eigenvalue weighted by atomic mass is 32.2. The Morgan fingerprint density at radius 2 is 1.44 bits per heavy atom. The fourth-order valence-corrected chi connectivity index (χ4v) is 3.33. The molecule has 2 nitrogen and oxygen atoms in total. The van der Waals surface area contributed by atoms with Crippen LogP contribution in [0, 0.1) is 6.92 Å². The number of nitrogens with zero attached hydrogens (tertiary/aromatic N) is 1. The van der Waals surface area contributed by atoms with Crippen molar-refractivity contribution in [3.8, 4) is 0 Å². The van der Waals surface area contributed by atoms with Crippen molar-refractivity contribution in [2.75, 3.05) is 10.7 Å². The van der Waals surface area contributed by atoms with Crippen molar-refractivity contribution in [1.29, 1.82) is 0 Å². The lowest BCUT2D eigenvalue weighted by Gasteiger charge is -2.23. The summed E-state index contributed by atoms with van der Waals surface area (Å²) in [4.78, 5) is 15.9. The SMILES string of the molecule is Cc1ccc(SCC(=O)N(Cc2ccccc2)c2ccccc2)cc1. The van der Waals surface area contributed by atoms with Gasteiger partial charge in [0.15, 0.2) is 0 Å². The van der Waals surface area contributed by atoms with Crippen LogP contribution in [0.1, 0.15) is 11.1 Å². The van der Waals surface area contributed by atoms with Gasteiger partial charge in [-0.2, -0.15) is 0 Å². The fourth-order valence-electron chi connectivity index (χ4n) is 2.55. The molecule has 0 aliphatic carbocycles. The fraction of sp³-hybridized carbons (Fsp3) is 0.136. The van der Waals surface area contributed by atoms with Crippen LogP contribution in [0.5, 0.6) is 0 Å². The van der Waals surface area contributed by atoms with E-state index >= 15 is 0 Å². The molecule has 0 aromatic heterocycles. The molecule has 0 radical (unpaired) electrons. The summed E-state index contributed by atoms with van der Waals surface area (Å²) < 4.78 is 0. The zero-order valence-corrected chi connectivity index (χ0v) is 15.1. The van der Waals surface area contributed by atoms with Gasteiger partial charge in [-0.05, 0) is 36.8 Å². The van der Waals surface area contributed by atoms with Gasteiger partial charge in [-0.3, -0.25) is 4.79 Å². The van der Waals surface area contributed by atoms with E-state index in [9.17, 15) is 4.79 Å². The van der Waals surface area contributed by atoms with Crippen LogP contribution in [-0.4, -0.2) is 11.7 Å². The van der Waals surface area contributed by atoms with Gasteiger partial charge in [-0.1, -0.05) is 66.2 Å². The van der Waals surface area contributed by atoms with E-state index in [2.05, 4.69) is 43.3 Å². The van der Waals surface area contributed by atoms with Crippen LogP contribution < -0.4 is 4.90 Å². The Hall–Kier alpha value is -2.52. The Labute approximate surface area is 153 Å². The maximum atomic E-state index is 12.9. The first-order valence-electron chi connectivity index (χ1n) is 8.31. The maximum absolute atomic E-state index is 12.9. The molecule has 0 aliphatic heterocycles. The van der Waals surface area contributed by atoms with Gasteiger partial charge in [0, 0.05) is 10.6 Å². The number of thioether (sulfide) groups is 1. The zero-order valence-electron chi connectivity index (χ0n) is 14.3. The van der Waals surface area contributed by atoms with Crippen LogP contribution in [0.15, 0.2) is 89.8 Å². The smallest absolute Gasteiger partial charge is 0.237 e. The molecular formula is C22H21NOS. The monoisotopic (exact) mass is 347 g/mol. The third-order valence-electron chi connectivity index (χ3n) is 3.94. The molecule has 3 heteroatoms. The Bertz CT molecular complexity index is 800. The summed E-state index contributed by atoms with van der Waals surface area (Å²) in [6, 6.07) is 28.3. The minimum Gasteiger partial charge on any atom is -0.307 e. The Balaban J connectivity index is 1.74. The highest BCUT2D eigenvalue weighted by Gasteiger charge is 2.16. The quantitative estimate of drug-likeness (QED) is 0.562. The van der Waals surface area contributed by atoms with Crippen LogP contribution >= 0.6 is 11.8 Å². The molecule has 3 rings (SSSR count). The number of hydrogen-bond donors (Lipinski definition) is 0. The number of amides is 1. The van der Waals surface area contributed by atoms with E-state index in [1.54, 1.807) is 11.8 Å². The number of hydrogen-bond acceptors (Lipinski definition) is 2. The Morgan fingerprint density at radius 1 is 0.840 bits per heavy atom. The Kier molecular flexibility index (Phi) is 5.91. The van der Waals surface area contributed by atoms with Crippen LogP contribution in [0.2, 0.25) is 0 Å². The normalized spacial score (nSPS) is 10.4. The first-order chi connectivity index (χ1) is 12.2. The molecule has 126 valence electrons. The Morgan fingerprint density at radius 3 is 2.08 bits per heavy atom. The molecular weight excluding hydrogens is 326 g/mol. The van der Waals surface area contributed by atoms with Gasteiger partial charge in [-0.25, -0.2) is 0 Å². The summed E-state index contributed by atoms with van der Waals surface area (Å²) in [5.41, 5.74) is 3.28. The third kappa shape index (κ3) is 4.97. The molecule has 0 bridgehead atoms. The summed E-state index contributed by atoms with van der Waals surface area (Å²) >= 11 is 1.58. The molecule has 0 heterocycles. The number of rotatable bonds is 6. The first-order valence-corrected chi connectivity index (χ1v) is 9.30. The molecule has 0 atom stereocenters. The highest BCUT2D eigenvalue weighted by molar-refractivity contribution is 8.00. The number of benzene rings is 3. The number of carbonyl (C=O) groups excluding carboxylic acids is 1. The van der Waals surface area contributed by atoms with Crippen LogP contribution in [0.3, 0.4) is 0 Å². The molecule has 0 spiro atoms. The van der Waals surface area contributed by atoms with Crippen molar-refractivity contribution in [3.63, 3.8) is 0 Å². The largest absolute Gasteiger partial charge is 0.307 e. The average molecular weight is 347 g/mol. The van der Waals surface area contributed by atoms with Crippen LogP contribution in [-0.2, 0) is 11.3 Å². The number of aryl methyl sites for hydroxylation is 1. The topological polar surface area (TPSA) is 20.3 Å². The number of para-hydroxylation sites is 1. The van der Waals surface area contributed by atoms with Crippen molar-refractivity contribution in [2.45, 2.75) is 18.4 Å². The van der Waals surface area contributed by atoms with Gasteiger partial charge >= 0.3 is 0 Å². The molecule has 25 heavy (non-hydrogen) atoms. The molecule has 0 saturated heterocycles. The van der Waals surface area contributed by atoms with Crippen molar-refractivity contribution in [3.05, 3.63) is 96.1 Å². The lowest BCUT2D eigenvalue weighted by atomic mass is 10.2. The van der Waals surface area contributed by atoms with E-state index in [-0.39, 0.29) is 5.91 Å². The van der Waals surface area contributed by atoms with E-state index in [0.717, 1.165) is 16.1 Å².